The largest absolute Gasteiger partial charge is 0.497 e. The van der Waals surface area contributed by atoms with Crippen LogP contribution in [0.3, 0.4) is 0 Å². The van der Waals surface area contributed by atoms with E-state index in [9.17, 15) is 9.90 Å². The minimum Gasteiger partial charge on any atom is -0.497 e. The number of fused-ring (bicyclic) bond motifs is 1. The van der Waals surface area contributed by atoms with Crippen LogP contribution in [0.1, 0.15) is 6.42 Å². The maximum absolute atomic E-state index is 10.5. The maximum atomic E-state index is 10.5. The lowest BCUT2D eigenvalue weighted by Gasteiger charge is -2.10. The van der Waals surface area contributed by atoms with E-state index in [0.29, 0.717) is 0 Å². The number of aliphatic hydroxyl groups is 1. The highest BCUT2D eigenvalue weighted by Gasteiger charge is 2.11. The second-order valence-electron chi connectivity index (χ2n) is 4.14. The fourth-order valence-electron chi connectivity index (χ4n) is 1.96. The van der Waals surface area contributed by atoms with Gasteiger partial charge in [-0.1, -0.05) is 0 Å². The number of carboxylic acid groups (broad SMARTS) is 1. The molecule has 1 unspecified atom stereocenters. The zero-order chi connectivity index (χ0) is 13.1. The molecule has 5 heteroatoms. The van der Waals surface area contributed by atoms with Crippen LogP contribution in [-0.2, 0) is 11.3 Å². The van der Waals surface area contributed by atoms with Gasteiger partial charge in [-0.2, -0.15) is 0 Å². The number of aliphatic hydroxyl groups excluding tert-OH is 1. The average Bonchev–Trinajstić information content (AvgIpc) is 2.70. The van der Waals surface area contributed by atoms with Crippen LogP contribution in [0.4, 0.5) is 0 Å². The molecule has 2 aromatic rings. The van der Waals surface area contributed by atoms with Crippen LogP contribution < -0.4 is 4.74 Å². The van der Waals surface area contributed by atoms with E-state index in [4.69, 9.17) is 9.84 Å². The van der Waals surface area contributed by atoms with Gasteiger partial charge in [-0.3, -0.25) is 4.79 Å². The first kappa shape index (κ1) is 12.4. The third kappa shape index (κ3) is 2.62. The number of aliphatic carboxylic acids is 1. The minimum absolute atomic E-state index is 0.254. The summed E-state index contributed by atoms with van der Waals surface area (Å²) in [6.07, 6.45) is 0.686. The van der Waals surface area contributed by atoms with Crippen molar-refractivity contribution < 1.29 is 19.7 Å². The van der Waals surface area contributed by atoms with Crippen molar-refractivity contribution in [2.75, 3.05) is 7.11 Å². The predicted octanol–water partition coefficient (Wildman–Crippen LogP) is 1.49. The average molecular weight is 249 g/mol. The normalized spacial score (nSPS) is 12.6. The highest BCUT2D eigenvalue weighted by molar-refractivity contribution is 5.81. The molecule has 5 nitrogen and oxygen atoms in total. The van der Waals surface area contributed by atoms with Gasteiger partial charge in [-0.25, -0.2) is 0 Å². The number of carboxylic acids is 1. The van der Waals surface area contributed by atoms with Gasteiger partial charge in [0.25, 0.3) is 0 Å². The molecule has 2 rings (SSSR count). The van der Waals surface area contributed by atoms with Crippen LogP contribution in [0.15, 0.2) is 30.5 Å². The first-order valence-electron chi connectivity index (χ1n) is 5.63. The Labute approximate surface area is 104 Å². The number of aromatic nitrogens is 1. The summed E-state index contributed by atoms with van der Waals surface area (Å²) in [6, 6.07) is 7.53. The number of ether oxygens (including phenoxy) is 1. The second-order valence-corrected chi connectivity index (χ2v) is 4.14. The Bertz CT molecular complexity index is 561. The van der Waals surface area contributed by atoms with Gasteiger partial charge in [0.05, 0.1) is 19.6 Å². The lowest BCUT2D eigenvalue weighted by atomic mass is 10.2. The van der Waals surface area contributed by atoms with E-state index in [-0.39, 0.29) is 13.0 Å². The molecule has 0 radical (unpaired) electrons. The standard InChI is InChI=1S/C13H15NO4/c1-18-11-2-3-12-9(6-11)4-5-14(12)8-10(15)7-13(16)17/h2-6,10,15H,7-8H2,1H3,(H,16,17). The van der Waals surface area contributed by atoms with E-state index in [1.807, 2.05) is 35.0 Å². The number of hydrogen-bond acceptors (Lipinski definition) is 3. The van der Waals surface area contributed by atoms with Crippen molar-refractivity contribution in [1.29, 1.82) is 0 Å². The fraction of sp³-hybridized carbons (Fsp3) is 0.308. The summed E-state index contributed by atoms with van der Waals surface area (Å²) in [5.41, 5.74) is 0.945. The molecule has 1 aromatic heterocycles. The number of methoxy groups -OCH3 is 1. The summed E-state index contributed by atoms with van der Waals surface area (Å²) in [4.78, 5) is 10.5. The molecule has 96 valence electrons. The number of rotatable bonds is 5. The van der Waals surface area contributed by atoms with Crippen LogP contribution in [0.5, 0.6) is 5.75 Å². The van der Waals surface area contributed by atoms with Crippen molar-refractivity contribution in [2.24, 2.45) is 0 Å². The smallest absolute Gasteiger partial charge is 0.306 e. The van der Waals surface area contributed by atoms with Gasteiger partial charge in [-0.05, 0) is 24.3 Å². The fourth-order valence-corrected chi connectivity index (χ4v) is 1.96. The van der Waals surface area contributed by atoms with Crippen molar-refractivity contribution >= 4 is 16.9 Å². The monoisotopic (exact) mass is 249 g/mol. The molecule has 0 bridgehead atoms. The first-order chi connectivity index (χ1) is 8.60. The van der Waals surface area contributed by atoms with Crippen molar-refractivity contribution in [1.82, 2.24) is 4.57 Å². The molecule has 0 saturated heterocycles. The van der Waals surface area contributed by atoms with Gasteiger partial charge in [0.15, 0.2) is 0 Å². The highest BCUT2D eigenvalue weighted by Crippen LogP contribution is 2.22. The Balaban J connectivity index is 2.21. The summed E-state index contributed by atoms with van der Waals surface area (Å²) in [7, 11) is 1.61. The van der Waals surface area contributed by atoms with Crippen LogP contribution in [0, 0.1) is 0 Å². The number of nitrogens with zero attached hydrogens (tertiary/aromatic N) is 1. The molecule has 0 aliphatic carbocycles. The van der Waals surface area contributed by atoms with Crippen LogP contribution in [0.25, 0.3) is 10.9 Å². The molecule has 0 aliphatic heterocycles. The van der Waals surface area contributed by atoms with Crippen molar-refractivity contribution in [2.45, 2.75) is 19.1 Å². The number of benzene rings is 1. The van der Waals surface area contributed by atoms with Crippen LogP contribution in [-0.4, -0.2) is 34.0 Å². The first-order valence-corrected chi connectivity index (χ1v) is 5.63. The Morgan fingerprint density at radius 3 is 2.89 bits per heavy atom. The van der Waals surface area contributed by atoms with Crippen molar-refractivity contribution in [3.8, 4) is 5.75 Å². The summed E-state index contributed by atoms with van der Waals surface area (Å²) < 4.78 is 6.96. The molecular formula is C13H15NO4. The molecule has 1 aromatic carbocycles. The minimum atomic E-state index is -0.999. The van der Waals surface area contributed by atoms with Gasteiger partial charge >= 0.3 is 5.97 Å². The molecule has 2 N–H and O–H groups in total. The molecule has 0 spiro atoms. The molecule has 1 heterocycles. The van der Waals surface area contributed by atoms with E-state index in [0.717, 1.165) is 16.7 Å². The van der Waals surface area contributed by atoms with Gasteiger partial charge in [-0.15, -0.1) is 0 Å². The zero-order valence-corrected chi connectivity index (χ0v) is 10.0. The lowest BCUT2D eigenvalue weighted by Crippen LogP contribution is -2.19. The molecule has 0 fully saturated rings. The summed E-state index contributed by atoms with van der Waals surface area (Å²) in [5, 5.41) is 19.2. The highest BCUT2D eigenvalue weighted by atomic mass is 16.5. The topological polar surface area (TPSA) is 71.7 Å². The van der Waals surface area contributed by atoms with Gasteiger partial charge in [0, 0.05) is 23.6 Å². The van der Waals surface area contributed by atoms with E-state index in [1.165, 1.54) is 0 Å². The number of carbonyl (C=O) groups is 1. The summed E-state index contributed by atoms with van der Waals surface area (Å²) in [5.74, 6) is -0.230. The maximum Gasteiger partial charge on any atom is 0.306 e. The Morgan fingerprint density at radius 1 is 1.44 bits per heavy atom. The van der Waals surface area contributed by atoms with Crippen LogP contribution in [0.2, 0.25) is 0 Å². The van der Waals surface area contributed by atoms with Crippen molar-refractivity contribution in [3.63, 3.8) is 0 Å². The molecular weight excluding hydrogens is 234 g/mol. The van der Waals surface area contributed by atoms with Gasteiger partial charge in [0.1, 0.15) is 5.75 Å². The Hall–Kier alpha value is -2.01. The molecule has 18 heavy (non-hydrogen) atoms. The second kappa shape index (κ2) is 5.10. The summed E-state index contributed by atoms with van der Waals surface area (Å²) >= 11 is 0. The van der Waals surface area contributed by atoms with E-state index >= 15 is 0 Å². The Morgan fingerprint density at radius 2 is 2.22 bits per heavy atom. The zero-order valence-electron chi connectivity index (χ0n) is 10.0. The lowest BCUT2D eigenvalue weighted by molar-refractivity contribution is -0.139. The molecule has 0 aliphatic rings. The predicted molar refractivity (Wildman–Crippen MR) is 66.7 cm³/mol. The van der Waals surface area contributed by atoms with E-state index in [1.54, 1.807) is 7.11 Å². The quantitative estimate of drug-likeness (QED) is 0.842. The third-order valence-corrected chi connectivity index (χ3v) is 2.80. The van der Waals surface area contributed by atoms with E-state index in [2.05, 4.69) is 0 Å². The Kier molecular flexibility index (Phi) is 3.53. The van der Waals surface area contributed by atoms with Gasteiger partial charge in [0.2, 0.25) is 0 Å². The van der Waals surface area contributed by atoms with Crippen molar-refractivity contribution in [3.05, 3.63) is 30.5 Å². The third-order valence-electron chi connectivity index (χ3n) is 2.80. The van der Waals surface area contributed by atoms with Gasteiger partial charge < -0.3 is 19.5 Å². The van der Waals surface area contributed by atoms with Crippen LogP contribution >= 0.6 is 0 Å². The molecule has 0 amide bonds. The molecule has 0 saturated carbocycles. The summed E-state index contributed by atoms with van der Waals surface area (Å²) in [6.45, 7) is 0.266. The molecule has 1 atom stereocenters. The number of hydrogen-bond donors (Lipinski definition) is 2. The SMILES string of the molecule is COc1ccc2c(ccn2CC(O)CC(=O)O)c1. The van der Waals surface area contributed by atoms with E-state index < -0.39 is 12.1 Å².